The lowest BCUT2D eigenvalue weighted by Crippen LogP contribution is -2.43. The van der Waals surface area contributed by atoms with Crippen molar-refractivity contribution in [3.63, 3.8) is 0 Å². The maximum atomic E-state index is 13.0. The Morgan fingerprint density at radius 2 is 2.06 bits per heavy atom. The molecule has 1 fully saturated rings. The first kappa shape index (κ1) is 22.3. The van der Waals surface area contributed by atoms with Crippen LogP contribution in [0.5, 0.6) is 0 Å². The van der Waals surface area contributed by atoms with Crippen molar-refractivity contribution in [1.82, 2.24) is 15.3 Å². The molecule has 7 nitrogen and oxygen atoms in total. The fraction of sp³-hybridized carbons (Fsp3) is 0.458. The number of para-hydroxylation sites is 1. The van der Waals surface area contributed by atoms with E-state index < -0.39 is 12.0 Å². The van der Waals surface area contributed by atoms with E-state index in [0.717, 1.165) is 60.5 Å². The SMILES string of the molecule is CCCCOC(=O)C(Cc1cc2ccccc2[nH]1)NC(=O)c1cnc(N2CCCCC2)s1. The maximum absolute atomic E-state index is 13.0. The van der Waals surface area contributed by atoms with Gasteiger partial charge in [-0.3, -0.25) is 4.79 Å². The van der Waals surface area contributed by atoms with Gasteiger partial charge in [-0.15, -0.1) is 0 Å². The second-order valence-corrected chi connectivity index (χ2v) is 9.20. The smallest absolute Gasteiger partial charge is 0.329 e. The molecule has 1 unspecified atom stereocenters. The molecule has 0 aliphatic carbocycles. The van der Waals surface area contributed by atoms with Gasteiger partial charge in [0.05, 0.1) is 12.8 Å². The number of hydrogen-bond acceptors (Lipinski definition) is 6. The van der Waals surface area contributed by atoms with E-state index in [2.05, 4.69) is 20.2 Å². The van der Waals surface area contributed by atoms with Crippen molar-refractivity contribution in [3.8, 4) is 0 Å². The molecule has 3 heterocycles. The van der Waals surface area contributed by atoms with Gasteiger partial charge >= 0.3 is 5.97 Å². The Balaban J connectivity index is 1.47. The number of nitrogens with one attached hydrogen (secondary N) is 2. The van der Waals surface area contributed by atoms with Crippen LogP contribution in [0.4, 0.5) is 5.13 Å². The number of piperidine rings is 1. The summed E-state index contributed by atoms with van der Waals surface area (Å²) in [4.78, 5) is 36.3. The lowest BCUT2D eigenvalue weighted by atomic mass is 10.1. The second kappa shape index (κ2) is 10.6. The van der Waals surface area contributed by atoms with Crippen molar-refractivity contribution in [2.24, 2.45) is 0 Å². The van der Waals surface area contributed by atoms with Crippen LogP contribution in [0.1, 0.15) is 54.4 Å². The molecule has 1 amide bonds. The average Bonchev–Trinajstić information content (AvgIpc) is 3.46. The summed E-state index contributed by atoms with van der Waals surface area (Å²) in [5, 5.41) is 4.83. The molecule has 1 atom stereocenters. The number of thiazole rings is 1. The van der Waals surface area contributed by atoms with Crippen molar-refractivity contribution >= 4 is 39.2 Å². The molecule has 0 saturated carbocycles. The first-order valence-electron chi connectivity index (χ1n) is 11.4. The number of H-pyrrole nitrogens is 1. The van der Waals surface area contributed by atoms with Crippen LogP contribution in [0.2, 0.25) is 0 Å². The molecule has 3 aromatic rings. The number of benzene rings is 1. The summed E-state index contributed by atoms with van der Waals surface area (Å²) in [6.45, 7) is 4.35. The highest BCUT2D eigenvalue weighted by atomic mass is 32.1. The van der Waals surface area contributed by atoms with E-state index in [1.807, 2.05) is 37.3 Å². The molecule has 2 aromatic heterocycles. The Morgan fingerprint density at radius 1 is 1.25 bits per heavy atom. The van der Waals surface area contributed by atoms with Crippen LogP contribution in [0.3, 0.4) is 0 Å². The molecule has 0 radical (unpaired) electrons. The molecule has 1 saturated heterocycles. The average molecular weight is 455 g/mol. The number of unbranched alkanes of at least 4 members (excludes halogenated alkanes) is 1. The van der Waals surface area contributed by atoms with E-state index in [-0.39, 0.29) is 5.91 Å². The molecule has 4 rings (SSSR count). The number of carbonyl (C=O) groups excluding carboxylic acids is 2. The van der Waals surface area contributed by atoms with Crippen LogP contribution in [0, 0.1) is 0 Å². The maximum Gasteiger partial charge on any atom is 0.329 e. The van der Waals surface area contributed by atoms with Gasteiger partial charge in [0.2, 0.25) is 0 Å². The van der Waals surface area contributed by atoms with Crippen LogP contribution >= 0.6 is 11.3 Å². The minimum atomic E-state index is -0.770. The largest absolute Gasteiger partial charge is 0.464 e. The van der Waals surface area contributed by atoms with E-state index in [4.69, 9.17) is 4.74 Å². The number of nitrogens with zero attached hydrogens (tertiary/aromatic N) is 2. The van der Waals surface area contributed by atoms with Gasteiger partial charge in [-0.05, 0) is 43.2 Å². The normalized spacial score (nSPS) is 15.0. The van der Waals surface area contributed by atoms with Gasteiger partial charge in [0, 0.05) is 30.7 Å². The second-order valence-electron chi connectivity index (χ2n) is 8.19. The van der Waals surface area contributed by atoms with E-state index in [1.54, 1.807) is 6.20 Å². The van der Waals surface area contributed by atoms with E-state index in [9.17, 15) is 9.59 Å². The minimum absolute atomic E-state index is 0.292. The predicted octanol–water partition coefficient (Wildman–Crippen LogP) is 4.30. The number of rotatable bonds is 9. The highest BCUT2D eigenvalue weighted by Gasteiger charge is 2.26. The van der Waals surface area contributed by atoms with Gasteiger partial charge in [0.15, 0.2) is 5.13 Å². The van der Waals surface area contributed by atoms with Crippen LogP contribution < -0.4 is 10.2 Å². The molecule has 2 N–H and O–H groups in total. The summed E-state index contributed by atoms with van der Waals surface area (Å²) < 4.78 is 5.44. The number of aromatic amines is 1. The van der Waals surface area contributed by atoms with Gasteiger partial charge in [0.25, 0.3) is 5.91 Å². The van der Waals surface area contributed by atoms with Crippen molar-refractivity contribution < 1.29 is 14.3 Å². The highest BCUT2D eigenvalue weighted by molar-refractivity contribution is 7.17. The number of fused-ring (bicyclic) bond motifs is 1. The van der Waals surface area contributed by atoms with Gasteiger partial charge in [-0.2, -0.15) is 0 Å². The molecular weight excluding hydrogens is 424 g/mol. The quantitative estimate of drug-likeness (QED) is 0.372. The number of ether oxygens (including phenoxy) is 1. The molecule has 8 heteroatoms. The molecule has 0 bridgehead atoms. The third-order valence-corrected chi connectivity index (χ3v) is 6.74. The molecule has 32 heavy (non-hydrogen) atoms. The van der Waals surface area contributed by atoms with Crippen LogP contribution in [0.25, 0.3) is 10.9 Å². The van der Waals surface area contributed by atoms with Crippen molar-refractivity contribution in [2.45, 2.75) is 51.5 Å². The minimum Gasteiger partial charge on any atom is -0.464 e. The summed E-state index contributed by atoms with van der Waals surface area (Å²) in [5.74, 6) is -0.703. The summed E-state index contributed by atoms with van der Waals surface area (Å²) >= 11 is 1.38. The third kappa shape index (κ3) is 5.48. The first-order chi connectivity index (χ1) is 15.6. The zero-order valence-corrected chi connectivity index (χ0v) is 19.2. The number of esters is 1. The van der Waals surface area contributed by atoms with Gasteiger partial charge in [-0.1, -0.05) is 42.9 Å². The number of hydrogen-bond donors (Lipinski definition) is 2. The van der Waals surface area contributed by atoms with Crippen molar-refractivity contribution in [1.29, 1.82) is 0 Å². The zero-order chi connectivity index (χ0) is 22.3. The summed E-state index contributed by atoms with van der Waals surface area (Å²) in [5.41, 5.74) is 1.88. The standard InChI is InChI=1S/C24H30N4O3S/c1-2-3-13-31-23(30)20(15-18-14-17-9-5-6-10-19(17)26-18)27-22(29)21-16-25-24(32-21)28-11-7-4-8-12-28/h5-6,9-10,14,16,20,26H,2-4,7-8,11-13,15H2,1H3,(H,27,29). The van der Waals surface area contributed by atoms with Gasteiger partial charge in [-0.25, -0.2) is 9.78 Å². The Hall–Kier alpha value is -2.87. The fourth-order valence-electron chi connectivity index (χ4n) is 3.90. The predicted molar refractivity (Wildman–Crippen MR) is 127 cm³/mol. The first-order valence-corrected chi connectivity index (χ1v) is 12.2. The number of anilines is 1. The summed E-state index contributed by atoms with van der Waals surface area (Å²) in [6, 6.07) is 9.18. The third-order valence-electron chi connectivity index (χ3n) is 5.69. The number of amides is 1. The summed E-state index contributed by atoms with van der Waals surface area (Å²) in [7, 11) is 0. The van der Waals surface area contributed by atoms with Crippen molar-refractivity contribution in [3.05, 3.63) is 47.1 Å². The highest BCUT2D eigenvalue weighted by Crippen LogP contribution is 2.25. The molecule has 1 aliphatic rings. The lowest BCUT2D eigenvalue weighted by Gasteiger charge is -2.25. The van der Waals surface area contributed by atoms with Crippen LogP contribution in [-0.4, -0.2) is 47.6 Å². The molecular formula is C24H30N4O3S. The number of carbonyl (C=O) groups is 2. The van der Waals surface area contributed by atoms with Gasteiger partial charge in [0.1, 0.15) is 10.9 Å². The molecule has 170 valence electrons. The topological polar surface area (TPSA) is 87.3 Å². The molecule has 1 aliphatic heterocycles. The van der Waals surface area contributed by atoms with Gasteiger partial charge < -0.3 is 19.9 Å². The fourth-order valence-corrected chi connectivity index (χ4v) is 4.78. The Morgan fingerprint density at radius 3 is 2.84 bits per heavy atom. The lowest BCUT2D eigenvalue weighted by molar-refractivity contribution is -0.146. The summed E-state index contributed by atoms with van der Waals surface area (Å²) in [6.07, 6.45) is 7.22. The van der Waals surface area contributed by atoms with Crippen LogP contribution in [0.15, 0.2) is 36.5 Å². The van der Waals surface area contributed by atoms with E-state index >= 15 is 0 Å². The van der Waals surface area contributed by atoms with E-state index in [1.165, 1.54) is 17.8 Å². The van der Waals surface area contributed by atoms with E-state index in [0.29, 0.717) is 17.9 Å². The zero-order valence-electron chi connectivity index (χ0n) is 18.4. The Kier molecular flexibility index (Phi) is 7.42. The molecule has 1 aromatic carbocycles. The Labute approximate surface area is 192 Å². The Bertz CT molecular complexity index is 1020. The van der Waals surface area contributed by atoms with Crippen molar-refractivity contribution in [2.75, 3.05) is 24.6 Å². The number of aromatic nitrogens is 2. The van der Waals surface area contributed by atoms with Crippen LogP contribution in [-0.2, 0) is 16.0 Å². The molecule has 0 spiro atoms. The monoisotopic (exact) mass is 454 g/mol.